The molecule has 2 rings (SSSR count). The quantitative estimate of drug-likeness (QED) is 0.519. The van der Waals surface area contributed by atoms with Gasteiger partial charge < -0.3 is 25.6 Å². The van der Waals surface area contributed by atoms with Crippen LogP contribution in [0.3, 0.4) is 0 Å². The van der Waals surface area contributed by atoms with Crippen LogP contribution in [0, 0.1) is 5.82 Å². The summed E-state index contributed by atoms with van der Waals surface area (Å²) in [5.41, 5.74) is 1.89. The van der Waals surface area contributed by atoms with Gasteiger partial charge in [-0.05, 0) is 48.6 Å². The number of ether oxygens (including phenoxy) is 1. The average Bonchev–Trinajstić information content (AvgIpc) is 2.68. The predicted molar refractivity (Wildman–Crippen MR) is 104 cm³/mol. The Morgan fingerprint density at radius 1 is 0.929 bits per heavy atom. The molecule has 0 aliphatic heterocycles. The smallest absolute Gasteiger partial charge is 0.337 e. The molecule has 0 bridgehead atoms. The SMILES string of the molecule is CNc1cc(CCCc2cc(C(=O)O)c(NC)cc2OC)c(F)cc1C(=O)O. The number of anilines is 2. The molecule has 0 fully saturated rings. The maximum Gasteiger partial charge on any atom is 0.337 e. The molecule has 0 amide bonds. The van der Waals surface area contributed by atoms with Crippen molar-refractivity contribution in [2.24, 2.45) is 0 Å². The van der Waals surface area contributed by atoms with Crippen LogP contribution in [-0.2, 0) is 12.8 Å². The number of nitrogens with one attached hydrogen (secondary N) is 2. The fourth-order valence-electron chi connectivity index (χ4n) is 3.06. The molecule has 8 heteroatoms. The third-order valence-electron chi connectivity index (χ3n) is 4.50. The van der Waals surface area contributed by atoms with Gasteiger partial charge in [0.25, 0.3) is 0 Å². The van der Waals surface area contributed by atoms with Gasteiger partial charge in [-0.1, -0.05) is 0 Å². The van der Waals surface area contributed by atoms with E-state index in [9.17, 15) is 19.1 Å². The summed E-state index contributed by atoms with van der Waals surface area (Å²) in [4.78, 5) is 22.6. The zero-order chi connectivity index (χ0) is 20.8. The van der Waals surface area contributed by atoms with Gasteiger partial charge in [0.05, 0.1) is 23.9 Å². The number of carboxylic acids is 2. The Bertz CT molecular complexity index is 899. The first kappa shape index (κ1) is 21.0. The average molecular weight is 390 g/mol. The number of hydrogen-bond acceptors (Lipinski definition) is 5. The summed E-state index contributed by atoms with van der Waals surface area (Å²) in [5, 5.41) is 24.1. The zero-order valence-electron chi connectivity index (χ0n) is 15.9. The van der Waals surface area contributed by atoms with E-state index in [1.165, 1.54) is 13.2 Å². The minimum Gasteiger partial charge on any atom is -0.496 e. The molecule has 0 saturated carbocycles. The van der Waals surface area contributed by atoms with Crippen molar-refractivity contribution in [2.75, 3.05) is 31.8 Å². The van der Waals surface area contributed by atoms with E-state index >= 15 is 0 Å². The zero-order valence-corrected chi connectivity index (χ0v) is 15.9. The maximum atomic E-state index is 14.3. The third kappa shape index (κ3) is 4.51. The van der Waals surface area contributed by atoms with Crippen molar-refractivity contribution in [1.82, 2.24) is 0 Å². The highest BCUT2D eigenvalue weighted by Crippen LogP contribution is 2.29. The lowest BCUT2D eigenvalue weighted by atomic mass is 9.99. The molecular weight excluding hydrogens is 367 g/mol. The second-order valence-electron chi connectivity index (χ2n) is 6.16. The van der Waals surface area contributed by atoms with Gasteiger partial charge in [-0.2, -0.15) is 0 Å². The van der Waals surface area contributed by atoms with Crippen LogP contribution in [0.15, 0.2) is 24.3 Å². The number of rotatable bonds is 9. The number of carboxylic acid groups (broad SMARTS) is 2. The second-order valence-corrected chi connectivity index (χ2v) is 6.16. The molecule has 0 heterocycles. The van der Waals surface area contributed by atoms with Crippen molar-refractivity contribution in [3.8, 4) is 5.75 Å². The Morgan fingerprint density at radius 3 is 2.00 bits per heavy atom. The summed E-state index contributed by atoms with van der Waals surface area (Å²) >= 11 is 0. The Kier molecular flexibility index (Phi) is 6.81. The molecule has 2 aromatic carbocycles. The van der Waals surface area contributed by atoms with E-state index in [-0.39, 0.29) is 11.1 Å². The van der Waals surface area contributed by atoms with E-state index in [0.717, 1.165) is 6.07 Å². The highest BCUT2D eigenvalue weighted by molar-refractivity contribution is 5.95. The number of aryl methyl sites for hydroxylation is 2. The van der Waals surface area contributed by atoms with Crippen LogP contribution in [-0.4, -0.2) is 43.4 Å². The van der Waals surface area contributed by atoms with Gasteiger partial charge in [-0.15, -0.1) is 0 Å². The molecule has 0 atom stereocenters. The Balaban J connectivity index is 2.22. The van der Waals surface area contributed by atoms with Crippen LogP contribution in [0.4, 0.5) is 15.8 Å². The number of hydrogen-bond donors (Lipinski definition) is 4. The van der Waals surface area contributed by atoms with Gasteiger partial charge in [-0.3, -0.25) is 0 Å². The van der Waals surface area contributed by atoms with E-state index in [4.69, 9.17) is 9.84 Å². The molecule has 28 heavy (non-hydrogen) atoms. The van der Waals surface area contributed by atoms with Gasteiger partial charge in [0, 0.05) is 25.8 Å². The number of carbonyl (C=O) groups is 2. The predicted octanol–water partition coefficient (Wildman–Crippen LogP) is 3.49. The molecule has 0 aliphatic carbocycles. The molecule has 4 N–H and O–H groups in total. The van der Waals surface area contributed by atoms with Crippen molar-refractivity contribution >= 4 is 23.3 Å². The van der Waals surface area contributed by atoms with Gasteiger partial charge in [0.2, 0.25) is 0 Å². The van der Waals surface area contributed by atoms with E-state index < -0.39 is 17.8 Å². The van der Waals surface area contributed by atoms with Gasteiger partial charge >= 0.3 is 11.9 Å². The summed E-state index contributed by atoms with van der Waals surface area (Å²) in [5.74, 6) is -2.29. The molecule has 7 nitrogen and oxygen atoms in total. The number of benzene rings is 2. The van der Waals surface area contributed by atoms with Gasteiger partial charge in [0.1, 0.15) is 11.6 Å². The molecule has 0 radical (unpaired) electrons. The van der Waals surface area contributed by atoms with Gasteiger partial charge in [-0.25, -0.2) is 14.0 Å². The normalized spacial score (nSPS) is 10.4. The molecule has 0 aromatic heterocycles. The first-order valence-electron chi connectivity index (χ1n) is 8.67. The molecule has 0 unspecified atom stereocenters. The van der Waals surface area contributed by atoms with Crippen molar-refractivity contribution in [3.05, 3.63) is 52.3 Å². The fraction of sp³-hybridized carbons (Fsp3) is 0.300. The van der Waals surface area contributed by atoms with Crippen LogP contribution in [0.25, 0.3) is 0 Å². The van der Waals surface area contributed by atoms with Crippen molar-refractivity contribution < 1.29 is 28.9 Å². The van der Waals surface area contributed by atoms with Crippen LogP contribution < -0.4 is 15.4 Å². The van der Waals surface area contributed by atoms with Crippen LogP contribution in [0.1, 0.15) is 38.3 Å². The van der Waals surface area contributed by atoms with E-state index in [2.05, 4.69) is 10.6 Å². The third-order valence-corrected chi connectivity index (χ3v) is 4.50. The van der Waals surface area contributed by atoms with E-state index in [1.807, 2.05) is 0 Å². The molecular formula is C20H23FN2O5. The van der Waals surface area contributed by atoms with E-state index in [1.54, 1.807) is 26.2 Å². The second kappa shape index (κ2) is 9.07. The molecule has 0 saturated heterocycles. The van der Waals surface area contributed by atoms with E-state index in [0.29, 0.717) is 47.5 Å². The Labute approximate surface area is 162 Å². The lowest BCUT2D eigenvalue weighted by Gasteiger charge is -2.14. The molecule has 0 spiro atoms. The standard InChI is InChI=1S/C20H23FN2O5/c1-22-16-8-11(15(21)9-14(16)20(26)27)5-4-6-12-7-13(19(24)25)17(23-2)10-18(12)28-3/h7-10,22-23H,4-6H2,1-3H3,(H,24,25)(H,26,27). The minimum absolute atomic E-state index is 0.126. The highest BCUT2D eigenvalue weighted by Gasteiger charge is 2.17. The van der Waals surface area contributed by atoms with Crippen LogP contribution in [0.2, 0.25) is 0 Å². The highest BCUT2D eigenvalue weighted by atomic mass is 19.1. The lowest BCUT2D eigenvalue weighted by Crippen LogP contribution is -2.07. The van der Waals surface area contributed by atoms with Crippen molar-refractivity contribution in [3.63, 3.8) is 0 Å². The molecule has 2 aromatic rings. The first-order valence-corrected chi connectivity index (χ1v) is 8.67. The maximum absolute atomic E-state index is 14.3. The first-order chi connectivity index (χ1) is 13.3. The lowest BCUT2D eigenvalue weighted by molar-refractivity contribution is 0.0686. The number of halogens is 1. The largest absolute Gasteiger partial charge is 0.496 e. The summed E-state index contributed by atoms with van der Waals surface area (Å²) in [6.45, 7) is 0. The molecule has 150 valence electrons. The Morgan fingerprint density at radius 2 is 1.46 bits per heavy atom. The van der Waals surface area contributed by atoms with Gasteiger partial charge in [0.15, 0.2) is 0 Å². The summed E-state index contributed by atoms with van der Waals surface area (Å²) in [6.07, 6.45) is 1.36. The summed E-state index contributed by atoms with van der Waals surface area (Å²) in [6, 6.07) is 5.67. The fourth-order valence-corrected chi connectivity index (χ4v) is 3.06. The topological polar surface area (TPSA) is 108 Å². The summed E-state index contributed by atoms with van der Waals surface area (Å²) < 4.78 is 19.6. The Hall–Kier alpha value is -3.29. The van der Waals surface area contributed by atoms with Crippen molar-refractivity contribution in [1.29, 1.82) is 0 Å². The summed E-state index contributed by atoms with van der Waals surface area (Å²) in [7, 11) is 4.71. The number of methoxy groups -OCH3 is 1. The number of aromatic carboxylic acids is 2. The van der Waals surface area contributed by atoms with Crippen LogP contribution >= 0.6 is 0 Å². The monoisotopic (exact) mass is 390 g/mol. The van der Waals surface area contributed by atoms with Crippen LogP contribution in [0.5, 0.6) is 5.75 Å². The van der Waals surface area contributed by atoms with Crippen molar-refractivity contribution in [2.45, 2.75) is 19.3 Å². The molecule has 0 aliphatic rings. The minimum atomic E-state index is -1.20.